The van der Waals surface area contributed by atoms with E-state index in [2.05, 4.69) is 5.32 Å². The number of nitrogens with one attached hydrogen (secondary N) is 1. The molecule has 7 heteroatoms. The minimum atomic E-state index is -0.747. The molecule has 0 bridgehead atoms. The molecule has 0 aliphatic rings. The fourth-order valence-corrected chi connectivity index (χ4v) is 3.10. The number of anilines is 1. The Bertz CT molecular complexity index is 1100. The van der Waals surface area contributed by atoms with Crippen molar-refractivity contribution in [3.05, 3.63) is 95.6 Å². The van der Waals surface area contributed by atoms with Gasteiger partial charge in [0.1, 0.15) is 5.75 Å². The van der Waals surface area contributed by atoms with Crippen molar-refractivity contribution in [1.82, 2.24) is 5.32 Å². The molecule has 164 valence electrons. The molecule has 0 fully saturated rings. The summed E-state index contributed by atoms with van der Waals surface area (Å²) in [5, 5.41) is 2.69. The zero-order valence-corrected chi connectivity index (χ0v) is 17.9. The molecule has 0 unspecified atom stereocenters. The maximum Gasteiger partial charge on any atom is 0.339 e. The fourth-order valence-electron chi connectivity index (χ4n) is 3.10. The molecule has 1 N–H and O–H groups in total. The Morgan fingerprint density at radius 1 is 0.844 bits per heavy atom. The number of hydrogen-bond acceptors (Lipinski definition) is 5. The van der Waals surface area contributed by atoms with Gasteiger partial charge in [-0.15, -0.1) is 0 Å². The highest BCUT2D eigenvalue weighted by Crippen LogP contribution is 2.19. The maximum absolute atomic E-state index is 13.0. The third-order valence-electron chi connectivity index (χ3n) is 4.83. The van der Waals surface area contributed by atoms with E-state index in [9.17, 15) is 14.4 Å². The van der Waals surface area contributed by atoms with Crippen molar-refractivity contribution in [2.45, 2.75) is 6.54 Å². The van der Waals surface area contributed by atoms with Crippen LogP contribution in [0.2, 0.25) is 0 Å². The number of benzene rings is 3. The van der Waals surface area contributed by atoms with E-state index in [4.69, 9.17) is 9.47 Å². The molecule has 32 heavy (non-hydrogen) atoms. The van der Waals surface area contributed by atoms with Crippen molar-refractivity contribution in [2.24, 2.45) is 0 Å². The lowest BCUT2D eigenvalue weighted by Gasteiger charge is -2.18. The molecule has 0 heterocycles. The van der Waals surface area contributed by atoms with Crippen molar-refractivity contribution in [1.29, 1.82) is 0 Å². The molecule has 0 saturated carbocycles. The lowest BCUT2D eigenvalue weighted by Crippen LogP contribution is -2.30. The number of esters is 1. The molecule has 3 aromatic rings. The highest BCUT2D eigenvalue weighted by molar-refractivity contribution is 6.12. The highest BCUT2D eigenvalue weighted by Gasteiger charge is 2.22. The number of carbonyl (C=O) groups is 3. The Labute approximate surface area is 186 Å². The lowest BCUT2D eigenvalue weighted by molar-refractivity contribution is -0.124. The zero-order valence-electron chi connectivity index (χ0n) is 17.9. The minimum absolute atomic E-state index is 0.0952. The summed E-state index contributed by atoms with van der Waals surface area (Å²) >= 11 is 0. The third kappa shape index (κ3) is 5.51. The smallest absolute Gasteiger partial charge is 0.339 e. The Hall–Kier alpha value is -4.13. The number of hydrogen-bond donors (Lipinski definition) is 1. The van der Waals surface area contributed by atoms with Crippen molar-refractivity contribution in [3.63, 3.8) is 0 Å². The summed E-state index contributed by atoms with van der Waals surface area (Å²) in [6.07, 6.45) is 0. The molecule has 7 nitrogen and oxygen atoms in total. The van der Waals surface area contributed by atoms with Gasteiger partial charge in [0.05, 0.1) is 18.2 Å². The van der Waals surface area contributed by atoms with Crippen LogP contribution in [0.3, 0.4) is 0 Å². The molecule has 0 aromatic heterocycles. The number of nitrogens with zero attached hydrogens (tertiary/aromatic N) is 1. The monoisotopic (exact) mass is 432 g/mol. The summed E-state index contributed by atoms with van der Waals surface area (Å²) in [6.45, 7) is -0.234. The van der Waals surface area contributed by atoms with Crippen LogP contribution in [0.15, 0.2) is 78.9 Å². The first-order valence-corrected chi connectivity index (χ1v) is 9.99. The van der Waals surface area contributed by atoms with Gasteiger partial charge in [-0.1, -0.05) is 48.5 Å². The van der Waals surface area contributed by atoms with Gasteiger partial charge in [-0.05, 0) is 30.3 Å². The van der Waals surface area contributed by atoms with Gasteiger partial charge >= 0.3 is 5.97 Å². The van der Waals surface area contributed by atoms with Crippen LogP contribution in [0.25, 0.3) is 0 Å². The first kappa shape index (κ1) is 22.6. The van der Waals surface area contributed by atoms with Gasteiger partial charge < -0.3 is 19.7 Å². The van der Waals surface area contributed by atoms with E-state index >= 15 is 0 Å². The molecule has 0 saturated heterocycles. The normalized spacial score (nSPS) is 10.2. The van der Waals surface area contributed by atoms with Crippen LogP contribution >= 0.6 is 0 Å². The molecule has 0 aliphatic heterocycles. The van der Waals surface area contributed by atoms with Gasteiger partial charge in [0.25, 0.3) is 11.8 Å². The van der Waals surface area contributed by atoms with E-state index < -0.39 is 18.5 Å². The average Bonchev–Trinajstić information content (AvgIpc) is 2.85. The zero-order chi connectivity index (χ0) is 22.9. The first-order valence-electron chi connectivity index (χ1n) is 9.99. The average molecular weight is 432 g/mol. The summed E-state index contributed by atoms with van der Waals surface area (Å²) < 4.78 is 10.4. The fraction of sp³-hybridized carbons (Fsp3) is 0.160. The van der Waals surface area contributed by atoms with Crippen LogP contribution in [0.5, 0.6) is 5.75 Å². The van der Waals surface area contributed by atoms with Crippen molar-refractivity contribution >= 4 is 23.5 Å². The number of rotatable bonds is 8. The molecule has 3 aromatic carbocycles. The van der Waals surface area contributed by atoms with Crippen LogP contribution in [0, 0.1) is 0 Å². The summed E-state index contributed by atoms with van der Waals surface area (Å²) in [4.78, 5) is 39.2. The Morgan fingerprint density at radius 3 is 2.19 bits per heavy atom. The van der Waals surface area contributed by atoms with Gasteiger partial charge in [0.2, 0.25) is 0 Å². The summed E-state index contributed by atoms with van der Waals surface area (Å²) in [6, 6.07) is 22.7. The molecule has 0 spiro atoms. The van der Waals surface area contributed by atoms with E-state index in [0.29, 0.717) is 11.4 Å². The van der Waals surface area contributed by atoms with Crippen LogP contribution in [-0.2, 0) is 16.1 Å². The van der Waals surface area contributed by atoms with Gasteiger partial charge in [0.15, 0.2) is 6.61 Å². The molecule has 0 atom stereocenters. The number of carbonyl (C=O) groups excluding carboxylic acids is 3. The molecule has 0 radical (unpaired) electrons. The molecule has 2 amide bonds. The minimum Gasteiger partial charge on any atom is -0.496 e. The van der Waals surface area contributed by atoms with E-state index in [1.165, 1.54) is 11.0 Å². The number of ether oxygens (including phenoxy) is 2. The van der Waals surface area contributed by atoms with Crippen LogP contribution in [-0.4, -0.2) is 38.5 Å². The summed E-state index contributed by atoms with van der Waals surface area (Å²) in [5.74, 6) is -0.915. The second-order valence-electron chi connectivity index (χ2n) is 6.91. The highest BCUT2D eigenvalue weighted by atomic mass is 16.5. The third-order valence-corrected chi connectivity index (χ3v) is 4.83. The van der Waals surface area contributed by atoms with E-state index in [-0.39, 0.29) is 23.6 Å². The number of para-hydroxylation sites is 2. The van der Waals surface area contributed by atoms with Gasteiger partial charge in [0, 0.05) is 24.8 Å². The van der Waals surface area contributed by atoms with Gasteiger partial charge in [-0.3, -0.25) is 9.59 Å². The Kier molecular flexibility index (Phi) is 7.59. The lowest BCUT2D eigenvalue weighted by atomic mass is 10.1. The topological polar surface area (TPSA) is 84.9 Å². The Morgan fingerprint density at radius 2 is 1.47 bits per heavy atom. The van der Waals surface area contributed by atoms with Crippen LogP contribution < -0.4 is 15.0 Å². The van der Waals surface area contributed by atoms with Crippen molar-refractivity contribution in [3.8, 4) is 5.75 Å². The van der Waals surface area contributed by atoms with Crippen molar-refractivity contribution < 1.29 is 23.9 Å². The van der Waals surface area contributed by atoms with Crippen LogP contribution in [0.4, 0.5) is 5.69 Å². The second kappa shape index (κ2) is 10.8. The van der Waals surface area contributed by atoms with Crippen molar-refractivity contribution in [2.75, 3.05) is 25.7 Å². The molecular formula is C25H24N2O5. The van der Waals surface area contributed by atoms with E-state index in [1.807, 2.05) is 36.4 Å². The van der Waals surface area contributed by atoms with Crippen LogP contribution in [0.1, 0.15) is 26.3 Å². The summed E-state index contributed by atoms with van der Waals surface area (Å²) in [7, 11) is 3.18. The van der Waals surface area contributed by atoms with Gasteiger partial charge in [-0.25, -0.2) is 4.79 Å². The summed E-state index contributed by atoms with van der Waals surface area (Å²) in [5.41, 5.74) is 1.78. The number of amides is 2. The SMILES string of the molecule is COc1ccccc1CNC(=O)COC(=O)c1ccccc1C(=O)N(C)c1ccccc1. The number of methoxy groups -OCH3 is 1. The predicted molar refractivity (Wildman–Crippen MR) is 121 cm³/mol. The second-order valence-corrected chi connectivity index (χ2v) is 6.91. The maximum atomic E-state index is 13.0. The predicted octanol–water partition coefficient (Wildman–Crippen LogP) is 3.45. The standard InChI is InChI=1S/C25H24N2O5/c1-27(19-11-4-3-5-12-19)24(29)20-13-7-8-14-21(20)25(30)32-17-23(28)26-16-18-10-6-9-15-22(18)31-2/h3-15H,16-17H2,1-2H3,(H,26,28). The molecule has 3 rings (SSSR count). The van der Waals surface area contributed by atoms with E-state index in [0.717, 1.165) is 5.56 Å². The van der Waals surface area contributed by atoms with Gasteiger partial charge in [-0.2, -0.15) is 0 Å². The Balaban J connectivity index is 1.62. The first-order chi connectivity index (χ1) is 15.5. The van der Waals surface area contributed by atoms with E-state index in [1.54, 1.807) is 50.6 Å². The largest absolute Gasteiger partial charge is 0.496 e. The quantitative estimate of drug-likeness (QED) is 0.551. The molecule has 0 aliphatic carbocycles. The molecular weight excluding hydrogens is 408 g/mol.